The maximum atomic E-state index is 3.55. The third kappa shape index (κ3) is 2.33. The van der Waals surface area contributed by atoms with E-state index in [0.717, 1.165) is 20.5 Å². The van der Waals surface area contributed by atoms with Gasteiger partial charge in [-0.3, -0.25) is 0 Å². The van der Waals surface area contributed by atoms with Crippen molar-refractivity contribution in [3.8, 4) is 11.1 Å². The van der Waals surface area contributed by atoms with Crippen LogP contribution in [-0.4, -0.2) is 0 Å². The van der Waals surface area contributed by atoms with Crippen molar-refractivity contribution in [3.05, 3.63) is 56.5 Å². The van der Waals surface area contributed by atoms with E-state index < -0.39 is 0 Å². The summed E-state index contributed by atoms with van der Waals surface area (Å²) >= 11 is 9.08. The first-order valence-electron chi connectivity index (χ1n) is 5.39. The molecule has 2 aromatic rings. The zero-order valence-electron chi connectivity index (χ0n) is 9.04. The van der Waals surface area contributed by atoms with Crippen LogP contribution in [0.4, 0.5) is 0 Å². The Morgan fingerprint density at radius 2 is 1.24 bits per heavy atom. The van der Waals surface area contributed by atoms with Crippen molar-refractivity contribution in [3.63, 3.8) is 0 Å². The quantitative estimate of drug-likeness (QED) is 0.580. The number of thioether (sulfide) groups is 1. The summed E-state index contributed by atoms with van der Waals surface area (Å²) in [6.07, 6.45) is 0. The molecule has 0 atom stereocenters. The molecule has 0 spiro atoms. The van der Waals surface area contributed by atoms with Crippen LogP contribution in [0.2, 0.25) is 0 Å². The molecule has 0 unspecified atom stereocenters. The second kappa shape index (κ2) is 4.79. The molecule has 3 rings (SSSR count). The van der Waals surface area contributed by atoms with Crippen molar-refractivity contribution < 1.29 is 0 Å². The number of fused-ring (bicyclic) bond motifs is 3. The Morgan fingerprint density at radius 3 is 1.71 bits per heavy atom. The fourth-order valence-electron chi connectivity index (χ4n) is 2.16. The topological polar surface area (TPSA) is 0 Å². The molecule has 0 amide bonds. The van der Waals surface area contributed by atoms with Gasteiger partial charge >= 0.3 is 0 Å². The van der Waals surface area contributed by atoms with Crippen LogP contribution in [-0.2, 0) is 11.5 Å². The Balaban J connectivity index is 2.24. The zero-order valence-corrected chi connectivity index (χ0v) is 13.0. The van der Waals surface area contributed by atoms with Crippen molar-refractivity contribution in [2.45, 2.75) is 11.5 Å². The summed E-state index contributed by atoms with van der Waals surface area (Å²) in [5.74, 6) is 2.17. The SMILES string of the molecule is Brc1ccc2c(c1)CSCc1cc(Br)ccc1-2. The minimum atomic E-state index is 1.08. The highest BCUT2D eigenvalue weighted by atomic mass is 79.9. The molecule has 0 fully saturated rings. The number of hydrogen-bond acceptors (Lipinski definition) is 1. The highest BCUT2D eigenvalue weighted by molar-refractivity contribution is 9.10. The predicted octanol–water partition coefficient (Wildman–Crippen LogP) is 5.63. The maximum Gasteiger partial charge on any atom is 0.0194 e. The molecule has 0 bridgehead atoms. The lowest BCUT2D eigenvalue weighted by Crippen LogP contribution is -1.88. The molecule has 0 aromatic heterocycles. The molecule has 86 valence electrons. The van der Waals surface area contributed by atoms with Crippen molar-refractivity contribution in [2.24, 2.45) is 0 Å². The van der Waals surface area contributed by atoms with Crippen LogP contribution < -0.4 is 0 Å². The first-order chi connectivity index (χ1) is 8.24. The second-order valence-electron chi connectivity index (χ2n) is 4.10. The van der Waals surface area contributed by atoms with Gasteiger partial charge in [0.1, 0.15) is 0 Å². The molecule has 3 heteroatoms. The van der Waals surface area contributed by atoms with Crippen LogP contribution in [0, 0.1) is 0 Å². The normalized spacial score (nSPS) is 13.8. The molecule has 0 N–H and O–H groups in total. The van der Waals surface area contributed by atoms with Crippen LogP contribution in [0.25, 0.3) is 11.1 Å². The minimum Gasteiger partial charge on any atom is -0.152 e. The Morgan fingerprint density at radius 1 is 0.765 bits per heavy atom. The van der Waals surface area contributed by atoms with Crippen molar-refractivity contribution in [1.29, 1.82) is 0 Å². The highest BCUT2D eigenvalue weighted by Crippen LogP contribution is 2.38. The van der Waals surface area contributed by atoms with Gasteiger partial charge in [0.25, 0.3) is 0 Å². The van der Waals surface area contributed by atoms with Crippen LogP contribution in [0.1, 0.15) is 11.1 Å². The molecule has 1 heterocycles. The van der Waals surface area contributed by atoms with Crippen LogP contribution in [0.15, 0.2) is 45.3 Å². The van der Waals surface area contributed by atoms with Crippen LogP contribution in [0.3, 0.4) is 0 Å². The van der Waals surface area contributed by atoms with Gasteiger partial charge in [-0.25, -0.2) is 0 Å². The van der Waals surface area contributed by atoms with Gasteiger partial charge in [0.05, 0.1) is 0 Å². The molecule has 0 radical (unpaired) electrons. The van der Waals surface area contributed by atoms with E-state index in [0.29, 0.717) is 0 Å². The summed E-state index contributed by atoms with van der Waals surface area (Å²) in [4.78, 5) is 0. The predicted molar refractivity (Wildman–Crippen MR) is 82.3 cm³/mol. The molecule has 1 aliphatic rings. The standard InChI is InChI=1S/C14H10Br2S/c15-11-1-3-13-9(5-11)7-17-8-10-6-12(16)2-4-14(10)13/h1-6H,7-8H2. The number of halogens is 2. The van der Waals surface area contributed by atoms with Gasteiger partial charge in [0.2, 0.25) is 0 Å². The van der Waals surface area contributed by atoms with Gasteiger partial charge < -0.3 is 0 Å². The van der Waals surface area contributed by atoms with Gasteiger partial charge in [-0.2, -0.15) is 11.8 Å². The largest absolute Gasteiger partial charge is 0.152 e. The van der Waals surface area contributed by atoms with Crippen molar-refractivity contribution >= 4 is 43.6 Å². The van der Waals surface area contributed by atoms with E-state index in [2.05, 4.69) is 68.3 Å². The third-order valence-corrected chi connectivity index (χ3v) is 4.96. The fourth-order valence-corrected chi connectivity index (χ4v) is 4.00. The molecule has 0 aliphatic carbocycles. The Bertz CT molecular complexity index is 527. The Hall–Kier alpha value is -0.250. The molecular formula is C14H10Br2S. The average molecular weight is 370 g/mol. The first-order valence-corrected chi connectivity index (χ1v) is 8.13. The molecule has 17 heavy (non-hydrogen) atoms. The summed E-state index contributed by atoms with van der Waals surface area (Å²) in [6, 6.07) is 13.2. The highest BCUT2D eigenvalue weighted by Gasteiger charge is 2.14. The minimum absolute atomic E-state index is 1.08. The summed E-state index contributed by atoms with van der Waals surface area (Å²) in [5.41, 5.74) is 5.59. The van der Waals surface area contributed by atoms with Gasteiger partial charge in [0.15, 0.2) is 0 Å². The van der Waals surface area contributed by atoms with Crippen LogP contribution >= 0.6 is 43.6 Å². The fraction of sp³-hybridized carbons (Fsp3) is 0.143. The number of benzene rings is 2. The Labute approximate surface area is 122 Å². The van der Waals surface area contributed by atoms with E-state index in [1.54, 1.807) is 0 Å². The second-order valence-corrected chi connectivity index (χ2v) is 6.91. The summed E-state index contributed by atoms with van der Waals surface area (Å²) in [7, 11) is 0. The van der Waals surface area contributed by atoms with Gasteiger partial charge in [-0.05, 0) is 46.5 Å². The molecule has 2 aromatic carbocycles. The van der Waals surface area contributed by atoms with E-state index in [4.69, 9.17) is 0 Å². The van der Waals surface area contributed by atoms with E-state index in [9.17, 15) is 0 Å². The summed E-state index contributed by atoms with van der Waals surface area (Å²) in [5, 5.41) is 0. The Kier molecular flexibility index (Phi) is 3.33. The number of hydrogen-bond donors (Lipinski definition) is 0. The van der Waals surface area contributed by atoms with E-state index in [1.165, 1.54) is 22.3 Å². The smallest absolute Gasteiger partial charge is 0.0194 e. The molecule has 0 saturated heterocycles. The van der Waals surface area contributed by atoms with Gasteiger partial charge in [0, 0.05) is 20.5 Å². The average Bonchev–Trinajstić information content (AvgIpc) is 2.47. The van der Waals surface area contributed by atoms with E-state index >= 15 is 0 Å². The van der Waals surface area contributed by atoms with Crippen molar-refractivity contribution in [1.82, 2.24) is 0 Å². The lowest BCUT2D eigenvalue weighted by molar-refractivity contribution is 1.40. The van der Waals surface area contributed by atoms with E-state index in [1.807, 2.05) is 11.8 Å². The first kappa shape index (κ1) is 11.8. The molecular weight excluding hydrogens is 360 g/mol. The molecule has 1 aliphatic heterocycles. The maximum absolute atomic E-state index is 3.55. The van der Waals surface area contributed by atoms with E-state index in [-0.39, 0.29) is 0 Å². The molecule has 0 saturated carbocycles. The zero-order chi connectivity index (χ0) is 11.8. The molecule has 0 nitrogen and oxygen atoms in total. The van der Waals surface area contributed by atoms with Crippen molar-refractivity contribution in [2.75, 3.05) is 0 Å². The van der Waals surface area contributed by atoms with Gasteiger partial charge in [-0.1, -0.05) is 44.0 Å². The van der Waals surface area contributed by atoms with Gasteiger partial charge in [-0.15, -0.1) is 0 Å². The monoisotopic (exact) mass is 368 g/mol. The summed E-state index contributed by atoms with van der Waals surface area (Å²) < 4.78 is 2.33. The number of rotatable bonds is 0. The lowest BCUT2D eigenvalue weighted by atomic mass is 9.97. The lowest BCUT2D eigenvalue weighted by Gasteiger charge is -2.09. The summed E-state index contributed by atoms with van der Waals surface area (Å²) in [6.45, 7) is 0. The van der Waals surface area contributed by atoms with Crippen LogP contribution in [0.5, 0.6) is 0 Å². The third-order valence-electron chi connectivity index (χ3n) is 2.94.